The molecule has 0 saturated heterocycles. The minimum atomic E-state index is 0.643. The normalized spacial score (nSPS) is 11.8. The van der Waals surface area contributed by atoms with Crippen LogP contribution in [0.25, 0.3) is 111 Å². The smallest absolute Gasteiger partial charge is 0.164 e. The van der Waals surface area contributed by atoms with Crippen molar-refractivity contribution < 1.29 is 0 Å². The van der Waals surface area contributed by atoms with Gasteiger partial charge in [-0.2, -0.15) is 0 Å². The van der Waals surface area contributed by atoms with Crippen LogP contribution in [0.4, 0.5) is 0 Å². The fourth-order valence-electron chi connectivity index (χ4n) is 8.82. The second-order valence-electron chi connectivity index (χ2n) is 14.9. The molecular formula is C53H33N5. The molecule has 0 N–H and O–H groups in total. The van der Waals surface area contributed by atoms with Gasteiger partial charge in [0, 0.05) is 49.3 Å². The molecule has 0 aliphatic carbocycles. The Bertz CT molecular complexity index is 3490. The van der Waals surface area contributed by atoms with Gasteiger partial charge in [0.25, 0.3) is 0 Å². The summed E-state index contributed by atoms with van der Waals surface area (Å²) in [5.74, 6) is 1.95. The van der Waals surface area contributed by atoms with Gasteiger partial charge in [-0.25, -0.2) is 15.0 Å². The van der Waals surface area contributed by atoms with Crippen LogP contribution >= 0.6 is 0 Å². The van der Waals surface area contributed by atoms with Gasteiger partial charge in [-0.3, -0.25) is 0 Å². The molecule has 12 rings (SSSR count). The van der Waals surface area contributed by atoms with Crippen molar-refractivity contribution in [1.29, 1.82) is 0 Å². The average molecular weight is 740 g/mol. The Hall–Kier alpha value is -7.89. The Morgan fingerprint density at radius 2 is 0.759 bits per heavy atom. The Morgan fingerprint density at radius 1 is 0.276 bits per heavy atom. The lowest BCUT2D eigenvalue weighted by Gasteiger charge is -2.12. The minimum absolute atomic E-state index is 0.643. The minimum Gasteiger partial charge on any atom is -0.309 e. The highest BCUT2D eigenvalue weighted by molar-refractivity contribution is 6.19. The van der Waals surface area contributed by atoms with E-state index in [-0.39, 0.29) is 0 Å². The van der Waals surface area contributed by atoms with Crippen molar-refractivity contribution in [2.75, 3.05) is 0 Å². The largest absolute Gasteiger partial charge is 0.309 e. The molecule has 5 nitrogen and oxygen atoms in total. The van der Waals surface area contributed by atoms with E-state index in [9.17, 15) is 0 Å². The number of pyridine rings is 1. The van der Waals surface area contributed by atoms with Gasteiger partial charge < -0.3 is 8.97 Å². The van der Waals surface area contributed by atoms with Crippen LogP contribution in [0.5, 0.6) is 0 Å². The number of para-hydroxylation sites is 2. The van der Waals surface area contributed by atoms with Gasteiger partial charge in [-0.15, -0.1) is 0 Å². The maximum absolute atomic E-state index is 4.95. The monoisotopic (exact) mass is 739 g/mol. The summed E-state index contributed by atoms with van der Waals surface area (Å²) in [4.78, 5) is 14.8. The third-order valence-electron chi connectivity index (χ3n) is 11.5. The topological polar surface area (TPSA) is 48.0 Å². The zero-order valence-electron chi connectivity index (χ0n) is 31.3. The molecule has 0 aliphatic heterocycles. The zero-order chi connectivity index (χ0) is 38.2. The van der Waals surface area contributed by atoms with E-state index in [1.165, 1.54) is 59.9 Å². The van der Waals surface area contributed by atoms with E-state index in [0.29, 0.717) is 17.5 Å². The van der Waals surface area contributed by atoms with Gasteiger partial charge in [0.2, 0.25) is 0 Å². The lowest BCUT2D eigenvalue weighted by Crippen LogP contribution is -2.00. The number of benzene rings is 8. The molecule has 8 aromatic carbocycles. The van der Waals surface area contributed by atoms with Gasteiger partial charge in [0.05, 0.1) is 27.6 Å². The first kappa shape index (κ1) is 32.4. The molecule has 58 heavy (non-hydrogen) atoms. The summed E-state index contributed by atoms with van der Waals surface area (Å²) in [7, 11) is 0. The van der Waals surface area contributed by atoms with Gasteiger partial charge in [0.15, 0.2) is 17.5 Å². The van der Waals surface area contributed by atoms with Crippen LogP contribution in [0.3, 0.4) is 0 Å². The van der Waals surface area contributed by atoms with Crippen molar-refractivity contribution in [2.45, 2.75) is 0 Å². The van der Waals surface area contributed by atoms with E-state index in [1.54, 1.807) is 0 Å². The lowest BCUT2D eigenvalue weighted by molar-refractivity contribution is 1.07. The molecule has 0 fully saturated rings. The van der Waals surface area contributed by atoms with E-state index in [4.69, 9.17) is 15.0 Å². The molecule has 0 bridgehead atoms. The predicted octanol–water partition coefficient (Wildman–Crippen LogP) is 13.3. The Morgan fingerprint density at radius 3 is 1.41 bits per heavy atom. The number of aromatic nitrogens is 5. The average Bonchev–Trinajstić information content (AvgIpc) is 3.84. The molecule has 0 unspecified atom stereocenters. The van der Waals surface area contributed by atoms with E-state index < -0.39 is 0 Å². The predicted molar refractivity (Wildman–Crippen MR) is 239 cm³/mol. The highest BCUT2D eigenvalue weighted by Gasteiger charge is 2.18. The summed E-state index contributed by atoms with van der Waals surface area (Å²) in [5.41, 5.74) is 12.2. The summed E-state index contributed by atoms with van der Waals surface area (Å²) in [6.45, 7) is 0. The maximum atomic E-state index is 4.95. The van der Waals surface area contributed by atoms with Crippen molar-refractivity contribution in [3.63, 3.8) is 0 Å². The Labute approximate surface area is 333 Å². The molecular weight excluding hydrogens is 707 g/mol. The van der Waals surface area contributed by atoms with Crippen LogP contribution in [0, 0.1) is 0 Å². The molecule has 0 saturated carbocycles. The van der Waals surface area contributed by atoms with Crippen LogP contribution in [0.2, 0.25) is 0 Å². The van der Waals surface area contributed by atoms with Gasteiger partial charge in [-0.05, 0) is 59.0 Å². The molecule has 12 aromatic rings. The Kier molecular flexibility index (Phi) is 7.16. The van der Waals surface area contributed by atoms with E-state index >= 15 is 0 Å². The highest BCUT2D eigenvalue weighted by Crippen LogP contribution is 2.40. The zero-order valence-corrected chi connectivity index (χ0v) is 31.3. The molecule has 0 radical (unpaired) electrons. The molecule has 0 amide bonds. The fourth-order valence-corrected chi connectivity index (χ4v) is 8.82. The van der Waals surface area contributed by atoms with Crippen molar-refractivity contribution >= 4 is 59.9 Å². The molecule has 270 valence electrons. The number of hydrogen-bond donors (Lipinski definition) is 0. The van der Waals surface area contributed by atoms with Crippen molar-refractivity contribution in [3.8, 4) is 51.0 Å². The van der Waals surface area contributed by atoms with Crippen molar-refractivity contribution in [1.82, 2.24) is 23.9 Å². The van der Waals surface area contributed by atoms with Crippen molar-refractivity contribution in [3.05, 3.63) is 200 Å². The van der Waals surface area contributed by atoms with Gasteiger partial charge >= 0.3 is 0 Å². The number of nitrogens with zero attached hydrogens (tertiary/aromatic N) is 5. The van der Waals surface area contributed by atoms with Crippen LogP contribution in [-0.4, -0.2) is 23.9 Å². The molecule has 0 atom stereocenters. The first-order valence-corrected chi connectivity index (χ1v) is 19.6. The molecule has 4 heterocycles. The molecule has 0 spiro atoms. The standard InChI is InChI=1S/C53H33N5/c1-3-14-35(15-4-1)51-54-52(36-16-5-2-6-17-36)56-53(55-51)37-28-26-34(27-29-37)38-18-13-19-40(30-38)57-46-24-11-10-23-44(46)45-33-48-39(32-50(45)57)31-49-43-22-8-7-20-41(43)42-21-9-12-25-47(42)58(48)49/h1-33H. The van der Waals surface area contributed by atoms with Gasteiger partial charge in [-0.1, -0.05) is 158 Å². The third kappa shape index (κ3) is 5.07. The number of fused-ring (bicyclic) bond motifs is 11. The molecule has 4 aromatic heterocycles. The molecule has 5 heteroatoms. The first-order chi connectivity index (χ1) is 28.7. The second kappa shape index (κ2) is 12.8. The molecule has 0 aliphatic rings. The second-order valence-corrected chi connectivity index (χ2v) is 14.9. The summed E-state index contributed by atoms with van der Waals surface area (Å²) in [6, 6.07) is 71.0. The van der Waals surface area contributed by atoms with E-state index in [1.807, 2.05) is 60.7 Å². The Balaban J connectivity index is 0.985. The maximum Gasteiger partial charge on any atom is 0.164 e. The first-order valence-electron chi connectivity index (χ1n) is 19.6. The lowest BCUT2D eigenvalue weighted by atomic mass is 10.0. The summed E-state index contributed by atoms with van der Waals surface area (Å²) >= 11 is 0. The summed E-state index contributed by atoms with van der Waals surface area (Å²) < 4.78 is 4.87. The fraction of sp³-hybridized carbons (Fsp3) is 0. The van der Waals surface area contributed by atoms with E-state index in [0.717, 1.165) is 33.5 Å². The van der Waals surface area contributed by atoms with Crippen LogP contribution < -0.4 is 0 Å². The summed E-state index contributed by atoms with van der Waals surface area (Å²) in [5, 5.41) is 7.48. The third-order valence-corrected chi connectivity index (χ3v) is 11.5. The SMILES string of the molecule is c1ccc(-c2nc(-c3ccccc3)nc(-c3ccc(-c4cccc(-n5c6ccccc6c6cc7c(cc65)cc5c6ccccc6c6ccccc6n75)c4)cc3)n2)cc1. The number of hydrogen-bond acceptors (Lipinski definition) is 3. The van der Waals surface area contributed by atoms with E-state index in [2.05, 4.69) is 148 Å². The van der Waals surface area contributed by atoms with Crippen molar-refractivity contribution in [2.24, 2.45) is 0 Å². The van der Waals surface area contributed by atoms with Crippen LogP contribution in [0.15, 0.2) is 200 Å². The number of rotatable bonds is 5. The van der Waals surface area contributed by atoms with Crippen LogP contribution in [-0.2, 0) is 0 Å². The van der Waals surface area contributed by atoms with Crippen LogP contribution in [0.1, 0.15) is 0 Å². The highest BCUT2D eigenvalue weighted by atomic mass is 15.0. The van der Waals surface area contributed by atoms with Gasteiger partial charge in [0.1, 0.15) is 0 Å². The summed E-state index contributed by atoms with van der Waals surface area (Å²) in [6.07, 6.45) is 0. The quantitative estimate of drug-likeness (QED) is 0.165.